The van der Waals surface area contributed by atoms with Crippen molar-refractivity contribution in [3.05, 3.63) is 53.9 Å². The number of piperidine rings is 1. The molecule has 2 atom stereocenters. The molecule has 0 saturated carbocycles. The van der Waals surface area contributed by atoms with E-state index in [0.29, 0.717) is 17.9 Å². The number of nitrogens with zero attached hydrogens (tertiary/aromatic N) is 4. The molecule has 2 aromatic rings. The van der Waals surface area contributed by atoms with Crippen LogP contribution in [0.3, 0.4) is 0 Å². The zero-order chi connectivity index (χ0) is 17.8. The molecule has 0 radical (unpaired) electrons. The van der Waals surface area contributed by atoms with Gasteiger partial charge in [0, 0.05) is 45.5 Å². The van der Waals surface area contributed by atoms with Crippen LogP contribution >= 0.6 is 0 Å². The fraction of sp³-hybridized carbons (Fsp3) is 0.571. The summed E-state index contributed by atoms with van der Waals surface area (Å²) >= 11 is 0. The van der Waals surface area contributed by atoms with E-state index < -0.39 is 0 Å². The fourth-order valence-corrected chi connectivity index (χ4v) is 4.56. The predicted octanol–water partition coefficient (Wildman–Crippen LogP) is 3.05. The molecule has 4 heteroatoms. The topological polar surface area (TPSA) is 24.3 Å². The van der Waals surface area contributed by atoms with Crippen molar-refractivity contribution in [2.24, 2.45) is 18.9 Å². The van der Waals surface area contributed by atoms with Gasteiger partial charge in [0.25, 0.3) is 0 Å². The molecule has 1 aromatic heterocycles. The number of likely N-dealkylation sites (tertiary alicyclic amines) is 1. The van der Waals surface area contributed by atoms with Gasteiger partial charge in [-0.05, 0) is 36.4 Å². The van der Waals surface area contributed by atoms with Gasteiger partial charge in [-0.1, -0.05) is 44.2 Å². The Morgan fingerprint density at radius 3 is 2.36 bits per heavy atom. The second-order valence-electron chi connectivity index (χ2n) is 7.88. The second-order valence-corrected chi connectivity index (χ2v) is 7.88. The average molecular weight is 341 g/mol. The quantitative estimate of drug-likeness (QED) is 0.808. The van der Waals surface area contributed by atoms with Gasteiger partial charge in [0.2, 0.25) is 0 Å². The smallest absolute Gasteiger partial charge is 0.0522 e. The number of aromatic nitrogens is 2. The molecule has 2 unspecified atom stereocenters. The molecular formula is C21H32N4. The zero-order valence-corrected chi connectivity index (χ0v) is 16.1. The molecule has 0 aliphatic carbocycles. The summed E-state index contributed by atoms with van der Waals surface area (Å²) in [5, 5.41) is 4.28. The van der Waals surface area contributed by atoms with Crippen molar-refractivity contribution in [1.82, 2.24) is 19.6 Å². The van der Waals surface area contributed by atoms with Crippen molar-refractivity contribution < 1.29 is 0 Å². The van der Waals surface area contributed by atoms with Gasteiger partial charge in [0.05, 0.1) is 6.20 Å². The first-order valence-electron chi connectivity index (χ1n) is 9.47. The van der Waals surface area contributed by atoms with E-state index in [4.69, 9.17) is 0 Å². The molecule has 1 aliphatic rings. The lowest BCUT2D eigenvalue weighted by molar-refractivity contribution is 0.0333. The lowest BCUT2D eigenvalue weighted by Gasteiger charge is -2.45. The molecule has 1 fully saturated rings. The number of hydrogen-bond acceptors (Lipinski definition) is 3. The van der Waals surface area contributed by atoms with Gasteiger partial charge >= 0.3 is 0 Å². The van der Waals surface area contributed by atoms with E-state index in [-0.39, 0.29) is 0 Å². The van der Waals surface area contributed by atoms with Crippen molar-refractivity contribution in [3.8, 4) is 0 Å². The highest BCUT2D eigenvalue weighted by Gasteiger charge is 2.34. The third-order valence-corrected chi connectivity index (χ3v) is 5.53. The van der Waals surface area contributed by atoms with E-state index in [1.807, 2.05) is 17.9 Å². The first-order chi connectivity index (χ1) is 12.0. The Bertz CT molecular complexity index is 639. The van der Waals surface area contributed by atoms with Gasteiger partial charge in [-0.3, -0.25) is 9.58 Å². The lowest BCUT2D eigenvalue weighted by Crippen LogP contribution is -2.53. The first-order valence-corrected chi connectivity index (χ1v) is 9.47. The Labute approximate surface area is 152 Å². The van der Waals surface area contributed by atoms with Crippen molar-refractivity contribution in [2.45, 2.75) is 32.9 Å². The van der Waals surface area contributed by atoms with Crippen LogP contribution in [-0.2, 0) is 20.0 Å². The summed E-state index contributed by atoms with van der Waals surface area (Å²) in [5.41, 5.74) is 2.75. The van der Waals surface area contributed by atoms with E-state index in [0.717, 1.165) is 19.5 Å². The molecule has 0 N–H and O–H groups in total. The van der Waals surface area contributed by atoms with E-state index in [1.54, 1.807) is 0 Å². The normalized spacial score (nSPS) is 24.8. The first kappa shape index (κ1) is 18.2. The van der Waals surface area contributed by atoms with Gasteiger partial charge < -0.3 is 4.90 Å². The zero-order valence-electron chi connectivity index (χ0n) is 16.1. The molecule has 4 nitrogen and oxygen atoms in total. The molecule has 0 spiro atoms. The van der Waals surface area contributed by atoms with Crippen molar-refractivity contribution in [3.63, 3.8) is 0 Å². The summed E-state index contributed by atoms with van der Waals surface area (Å²) in [6.45, 7) is 9.37. The third-order valence-electron chi connectivity index (χ3n) is 5.53. The van der Waals surface area contributed by atoms with Gasteiger partial charge in [-0.25, -0.2) is 0 Å². The Hall–Kier alpha value is -1.65. The fourth-order valence-electron chi connectivity index (χ4n) is 4.56. The maximum absolute atomic E-state index is 4.28. The molecule has 1 aliphatic heterocycles. The van der Waals surface area contributed by atoms with E-state index >= 15 is 0 Å². The average Bonchev–Trinajstić information content (AvgIpc) is 2.99. The number of aryl methyl sites for hydroxylation is 1. The van der Waals surface area contributed by atoms with Gasteiger partial charge in [0.15, 0.2) is 0 Å². The molecule has 0 bridgehead atoms. The molecule has 25 heavy (non-hydrogen) atoms. The Kier molecular flexibility index (Phi) is 5.92. The minimum atomic E-state index is 0.656. The predicted molar refractivity (Wildman–Crippen MR) is 103 cm³/mol. The summed E-state index contributed by atoms with van der Waals surface area (Å²) in [7, 11) is 4.28. The molecule has 136 valence electrons. The van der Waals surface area contributed by atoms with Crippen LogP contribution in [0.25, 0.3) is 0 Å². The van der Waals surface area contributed by atoms with Crippen LogP contribution in [0.1, 0.15) is 25.0 Å². The molecule has 0 amide bonds. The molecular weight excluding hydrogens is 308 g/mol. The largest absolute Gasteiger partial charge is 0.302 e. The highest BCUT2D eigenvalue weighted by Crippen LogP contribution is 2.27. The summed E-state index contributed by atoms with van der Waals surface area (Å²) in [6, 6.07) is 11.5. The highest BCUT2D eigenvalue weighted by molar-refractivity contribution is 5.14. The Balaban J connectivity index is 1.54. The van der Waals surface area contributed by atoms with Gasteiger partial charge in [0.1, 0.15) is 0 Å². The maximum atomic E-state index is 4.28. The lowest BCUT2D eigenvalue weighted by atomic mass is 9.84. The van der Waals surface area contributed by atoms with Gasteiger partial charge in [-0.2, -0.15) is 5.10 Å². The van der Waals surface area contributed by atoms with E-state index in [2.05, 4.69) is 72.3 Å². The Morgan fingerprint density at radius 2 is 1.76 bits per heavy atom. The monoisotopic (exact) mass is 340 g/mol. The van der Waals surface area contributed by atoms with E-state index in [9.17, 15) is 0 Å². The minimum Gasteiger partial charge on any atom is -0.302 e. The molecule has 1 aromatic carbocycles. The number of hydrogen-bond donors (Lipinski definition) is 0. The number of likely N-dealkylation sites (N-methyl/N-ethyl adjacent to an activating group) is 1. The van der Waals surface area contributed by atoms with Crippen LogP contribution < -0.4 is 0 Å². The summed E-state index contributed by atoms with van der Waals surface area (Å²) in [4.78, 5) is 5.19. The third kappa shape index (κ3) is 4.71. The van der Waals surface area contributed by atoms with Crippen molar-refractivity contribution in [2.75, 3.05) is 26.7 Å². The van der Waals surface area contributed by atoms with Crippen LogP contribution in [0.4, 0.5) is 0 Å². The highest BCUT2D eigenvalue weighted by atomic mass is 15.2. The summed E-state index contributed by atoms with van der Waals surface area (Å²) in [5.74, 6) is 1.37. The minimum absolute atomic E-state index is 0.656. The summed E-state index contributed by atoms with van der Waals surface area (Å²) < 4.78 is 1.89. The summed E-state index contributed by atoms with van der Waals surface area (Å²) in [6.07, 6.45) is 5.19. The van der Waals surface area contributed by atoms with Gasteiger partial charge in [-0.15, -0.1) is 0 Å². The SMILES string of the molecule is CC1CN(Cc2ccccc2)CC(C)C1N(C)CCc1cnn(C)c1. The maximum Gasteiger partial charge on any atom is 0.0522 e. The van der Waals surface area contributed by atoms with Crippen molar-refractivity contribution >= 4 is 0 Å². The van der Waals surface area contributed by atoms with Crippen LogP contribution in [0.2, 0.25) is 0 Å². The standard InChI is InChI=1S/C21H32N4/c1-17-13-25(16-19-8-6-5-7-9-19)14-18(2)21(17)23(3)11-10-20-12-22-24(4)15-20/h5-9,12,15,17-18,21H,10-11,13-14,16H2,1-4H3. The molecule has 2 heterocycles. The van der Waals surface area contributed by atoms with Crippen LogP contribution in [0.15, 0.2) is 42.7 Å². The van der Waals surface area contributed by atoms with Crippen LogP contribution in [0, 0.1) is 11.8 Å². The van der Waals surface area contributed by atoms with E-state index in [1.165, 1.54) is 24.2 Å². The second kappa shape index (κ2) is 8.15. The number of benzene rings is 1. The van der Waals surface area contributed by atoms with Crippen LogP contribution in [0.5, 0.6) is 0 Å². The number of rotatable bonds is 6. The molecule has 1 saturated heterocycles. The van der Waals surface area contributed by atoms with Crippen molar-refractivity contribution in [1.29, 1.82) is 0 Å². The molecule has 3 rings (SSSR count). The van der Waals surface area contributed by atoms with Crippen LogP contribution in [-0.4, -0.2) is 52.3 Å². The Morgan fingerprint density at radius 1 is 1.08 bits per heavy atom.